The molecule has 0 radical (unpaired) electrons. The summed E-state index contributed by atoms with van der Waals surface area (Å²) in [5.74, 6) is 0. The van der Waals surface area contributed by atoms with E-state index >= 15 is 0 Å². The Morgan fingerprint density at radius 3 is 1.78 bits per heavy atom. The molecule has 0 unspecified atom stereocenters. The number of nitrogens with zero attached hydrogens (tertiary/aromatic N) is 1. The highest BCUT2D eigenvalue weighted by atomic mass is 15.1. The molecule has 3 rings (SSSR count). The van der Waals surface area contributed by atoms with Crippen molar-refractivity contribution in [3.63, 3.8) is 0 Å². The lowest BCUT2D eigenvalue weighted by molar-refractivity contribution is 0.336. The van der Waals surface area contributed by atoms with Gasteiger partial charge in [0.15, 0.2) is 0 Å². The Bertz CT molecular complexity index is 765. The zero-order chi connectivity index (χ0) is 18.7. The average molecular weight is 356 g/mol. The minimum atomic E-state index is 1.06. The molecular formula is C26H29N. The molecule has 0 amide bonds. The van der Waals surface area contributed by atoms with Crippen molar-refractivity contribution in [3.8, 4) is 0 Å². The minimum absolute atomic E-state index is 1.06. The second kappa shape index (κ2) is 10.5. The van der Waals surface area contributed by atoms with Crippen LogP contribution in [0.15, 0.2) is 97.1 Å². The van der Waals surface area contributed by atoms with E-state index in [0.29, 0.717) is 0 Å². The standard InChI is InChI=1S/C26H29N/c1-27(21-11-15-23-13-5-2-6-14-23)22-12-20-26(24-16-7-3-8-17-24)25-18-9-4-10-19-25/h2-10,13-14,16-20H,11-12,15,21-22H2,1H3. The van der Waals surface area contributed by atoms with Gasteiger partial charge in [0.25, 0.3) is 0 Å². The van der Waals surface area contributed by atoms with Gasteiger partial charge < -0.3 is 4.90 Å². The molecule has 1 heteroatoms. The van der Waals surface area contributed by atoms with Crippen LogP contribution in [0.5, 0.6) is 0 Å². The second-order valence-corrected chi connectivity index (χ2v) is 7.03. The Balaban J connectivity index is 1.55. The van der Waals surface area contributed by atoms with Crippen molar-refractivity contribution >= 4 is 5.57 Å². The molecule has 27 heavy (non-hydrogen) atoms. The molecule has 0 saturated carbocycles. The first-order chi connectivity index (χ1) is 13.3. The van der Waals surface area contributed by atoms with Gasteiger partial charge in [0.05, 0.1) is 0 Å². The molecule has 0 N–H and O–H groups in total. The Morgan fingerprint density at radius 2 is 1.22 bits per heavy atom. The van der Waals surface area contributed by atoms with Crippen LogP contribution in [-0.4, -0.2) is 25.0 Å². The van der Waals surface area contributed by atoms with Gasteiger partial charge in [0.2, 0.25) is 0 Å². The highest BCUT2D eigenvalue weighted by molar-refractivity contribution is 5.79. The Labute approximate surface area is 164 Å². The SMILES string of the molecule is CN(CCC=C(c1ccccc1)c1ccccc1)CCCc1ccccc1. The predicted molar refractivity (Wildman–Crippen MR) is 117 cm³/mol. The first kappa shape index (κ1) is 19.1. The van der Waals surface area contributed by atoms with Gasteiger partial charge >= 0.3 is 0 Å². The largest absolute Gasteiger partial charge is 0.306 e. The molecule has 138 valence electrons. The molecule has 0 saturated heterocycles. The van der Waals surface area contributed by atoms with Gasteiger partial charge in [0, 0.05) is 6.54 Å². The van der Waals surface area contributed by atoms with Gasteiger partial charge in [-0.15, -0.1) is 0 Å². The van der Waals surface area contributed by atoms with Crippen molar-refractivity contribution in [1.82, 2.24) is 4.90 Å². The van der Waals surface area contributed by atoms with E-state index in [1.807, 2.05) is 0 Å². The van der Waals surface area contributed by atoms with E-state index < -0.39 is 0 Å². The summed E-state index contributed by atoms with van der Waals surface area (Å²) in [6, 6.07) is 32.2. The highest BCUT2D eigenvalue weighted by Crippen LogP contribution is 2.23. The van der Waals surface area contributed by atoms with Crippen molar-refractivity contribution in [3.05, 3.63) is 114 Å². The van der Waals surface area contributed by atoms with Crippen LogP contribution in [0, 0.1) is 0 Å². The van der Waals surface area contributed by atoms with Crippen molar-refractivity contribution < 1.29 is 0 Å². The normalized spacial score (nSPS) is 10.7. The Morgan fingerprint density at radius 1 is 0.704 bits per heavy atom. The third-order valence-electron chi connectivity index (χ3n) is 4.88. The molecule has 0 atom stereocenters. The van der Waals surface area contributed by atoms with Gasteiger partial charge in [-0.1, -0.05) is 97.1 Å². The van der Waals surface area contributed by atoms with E-state index in [1.54, 1.807) is 0 Å². The molecule has 0 aromatic heterocycles. The molecule has 3 aromatic carbocycles. The lowest BCUT2D eigenvalue weighted by atomic mass is 9.97. The van der Waals surface area contributed by atoms with Crippen molar-refractivity contribution in [1.29, 1.82) is 0 Å². The first-order valence-corrected chi connectivity index (χ1v) is 9.86. The van der Waals surface area contributed by atoms with E-state index in [1.165, 1.54) is 28.7 Å². The average Bonchev–Trinajstić information content (AvgIpc) is 2.73. The summed E-state index contributed by atoms with van der Waals surface area (Å²) in [6.07, 6.45) is 5.80. The van der Waals surface area contributed by atoms with Crippen LogP contribution >= 0.6 is 0 Å². The van der Waals surface area contributed by atoms with Gasteiger partial charge in [0.1, 0.15) is 0 Å². The monoisotopic (exact) mass is 355 g/mol. The maximum Gasteiger partial charge on any atom is 0.00132 e. The summed E-state index contributed by atoms with van der Waals surface area (Å²) < 4.78 is 0. The number of hydrogen-bond acceptors (Lipinski definition) is 1. The molecule has 0 aliphatic rings. The van der Waals surface area contributed by atoms with Crippen molar-refractivity contribution in [2.75, 3.05) is 20.1 Å². The fraction of sp³-hybridized carbons (Fsp3) is 0.231. The summed E-state index contributed by atoms with van der Waals surface area (Å²) in [5.41, 5.74) is 5.33. The molecule has 0 fully saturated rings. The molecule has 0 bridgehead atoms. The third-order valence-corrected chi connectivity index (χ3v) is 4.88. The molecule has 3 aromatic rings. The molecule has 0 aliphatic heterocycles. The van der Waals surface area contributed by atoms with Crippen LogP contribution in [0.25, 0.3) is 5.57 Å². The summed E-state index contributed by atoms with van der Waals surface area (Å²) in [6.45, 7) is 2.21. The van der Waals surface area contributed by atoms with Gasteiger partial charge in [-0.3, -0.25) is 0 Å². The number of hydrogen-bond donors (Lipinski definition) is 0. The maximum atomic E-state index is 2.44. The summed E-state index contributed by atoms with van der Waals surface area (Å²) >= 11 is 0. The topological polar surface area (TPSA) is 3.24 Å². The third kappa shape index (κ3) is 6.23. The number of rotatable bonds is 9. The van der Waals surface area contributed by atoms with Crippen LogP contribution in [0.2, 0.25) is 0 Å². The fourth-order valence-electron chi connectivity index (χ4n) is 3.38. The minimum Gasteiger partial charge on any atom is -0.306 e. The van der Waals surface area contributed by atoms with Crippen LogP contribution in [0.4, 0.5) is 0 Å². The quantitative estimate of drug-likeness (QED) is 0.450. The molecule has 0 spiro atoms. The lowest BCUT2D eigenvalue weighted by Gasteiger charge is -2.16. The molecular weight excluding hydrogens is 326 g/mol. The van der Waals surface area contributed by atoms with E-state index in [0.717, 1.165) is 25.9 Å². The lowest BCUT2D eigenvalue weighted by Crippen LogP contribution is -2.21. The van der Waals surface area contributed by atoms with Crippen LogP contribution in [0.3, 0.4) is 0 Å². The van der Waals surface area contributed by atoms with Crippen LogP contribution in [-0.2, 0) is 6.42 Å². The fourth-order valence-corrected chi connectivity index (χ4v) is 3.38. The van der Waals surface area contributed by atoms with E-state index in [-0.39, 0.29) is 0 Å². The first-order valence-electron chi connectivity index (χ1n) is 9.86. The van der Waals surface area contributed by atoms with Crippen LogP contribution in [0.1, 0.15) is 29.5 Å². The Hall–Kier alpha value is -2.64. The smallest absolute Gasteiger partial charge is 0.00132 e. The van der Waals surface area contributed by atoms with Gasteiger partial charge in [-0.25, -0.2) is 0 Å². The van der Waals surface area contributed by atoms with Crippen molar-refractivity contribution in [2.45, 2.75) is 19.3 Å². The molecule has 0 heterocycles. The van der Waals surface area contributed by atoms with Gasteiger partial charge in [-0.2, -0.15) is 0 Å². The predicted octanol–water partition coefficient (Wildman–Crippen LogP) is 6.07. The zero-order valence-corrected chi connectivity index (χ0v) is 16.2. The zero-order valence-electron chi connectivity index (χ0n) is 16.2. The summed E-state index contributed by atoms with van der Waals surface area (Å²) in [4.78, 5) is 2.44. The highest BCUT2D eigenvalue weighted by Gasteiger charge is 2.04. The van der Waals surface area contributed by atoms with Gasteiger partial charge in [-0.05, 0) is 55.1 Å². The van der Waals surface area contributed by atoms with Crippen LogP contribution < -0.4 is 0 Å². The Kier molecular flexibility index (Phi) is 7.44. The second-order valence-electron chi connectivity index (χ2n) is 7.03. The number of benzene rings is 3. The number of aryl methyl sites for hydroxylation is 1. The molecule has 0 aliphatic carbocycles. The summed E-state index contributed by atoms with van der Waals surface area (Å²) in [7, 11) is 2.23. The van der Waals surface area contributed by atoms with E-state index in [4.69, 9.17) is 0 Å². The summed E-state index contributed by atoms with van der Waals surface area (Å²) in [5, 5.41) is 0. The molecule has 1 nitrogen and oxygen atoms in total. The van der Waals surface area contributed by atoms with Crippen molar-refractivity contribution in [2.24, 2.45) is 0 Å². The van der Waals surface area contributed by atoms with E-state index in [9.17, 15) is 0 Å². The van der Waals surface area contributed by atoms with E-state index in [2.05, 4.69) is 109 Å². The maximum absolute atomic E-state index is 2.44.